The highest BCUT2D eigenvalue weighted by atomic mass is 32.2. The quantitative estimate of drug-likeness (QED) is 0.710. The molecule has 1 aliphatic heterocycles. The molecule has 5 heteroatoms. The van der Waals surface area contributed by atoms with E-state index in [1.165, 1.54) is 0 Å². The molecule has 1 rings (SSSR count). The van der Waals surface area contributed by atoms with Crippen LogP contribution in [0.25, 0.3) is 0 Å². The molecule has 0 radical (unpaired) electrons. The smallest absolute Gasteiger partial charge is 0.154 e. The van der Waals surface area contributed by atoms with Crippen molar-refractivity contribution < 1.29 is 8.42 Å². The van der Waals surface area contributed by atoms with Gasteiger partial charge < -0.3 is 10.2 Å². The number of hydrogen-bond donors (Lipinski definition) is 1. The van der Waals surface area contributed by atoms with Gasteiger partial charge in [0.25, 0.3) is 0 Å². The van der Waals surface area contributed by atoms with Crippen LogP contribution in [0.5, 0.6) is 0 Å². The van der Waals surface area contributed by atoms with E-state index in [1.807, 2.05) is 7.05 Å². The van der Waals surface area contributed by atoms with Crippen LogP contribution < -0.4 is 5.32 Å². The van der Waals surface area contributed by atoms with E-state index < -0.39 is 9.84 Å². The summed E-state index contributed by atoms with van der Waals surface area (Å²) in [6.45, 7) is 6.18. The van der Waals surface area contributed by atoms with E-state index in [9.17, 15) is 8.42 Å². The van der Waals surface area contributed by atoms with Gasteiger partial charge in [-0.05, 0) is 20.9 Å². The molecule has 1 fully saturated rings. The maximum Gasteiger partial charge on any atom is 0.154 e. The summed E-state index contributed by atoms with van der Waals surface area (Å²) in [6.07, 6.45) is 0. The Bertz CT molecular complexity index is 275. The molecule has 14 heavy (non-hydrogen) atoms. The minimum Gasteiger partial charge on any atom is -0.310 e. The Kier molecular flexibility index (Phi) is 3.92. The Morgan fingerprint density at radius 2 is 2.14 bits per heavy atom. The molecule has 1 saturated heterocycles. The summed E-state index contributed by atoms with van der Waals surface area (Å²) < 4.78 is 23.3. The van der Waals surface area contributed by atoms with Crippen molar-refractivity contribution in [3.63, 3.8) is 0 Å². The molecule has 0 aliphatic carbocycles. The van der Waals surface area contributed by atoms with Crippen molar-refractivity contribution in [1.82, 2.24) is 10.2 Å². The van der Waals surface area contributed by atoms with Crippen molar-refractivity contribution >= 4 is 9.84 Å². The normalized spacial score (nSPS) is 25.6. The van der Waals surface area contributed by atoms with E-state index >= 15 is 0 Å². The van der Waals surface area contributed by atoms with E-state index in [1.54, 1.807) is 13.8 Å². The first-order valence-corrected chi connectivity index (χ1v) is 6.77. The van der Waals surface area contributed by atoms with Crippen molar-refractivity contribution in [3.8, 4) is 0 Å². The molecule has 1 unspecified atom stereocenters. The molecule has 84 valence electrons. The van der Waals surface area contributed by atoms with E-state index in [-0.39, 0.29) is 17.0 Å². The standard InChI is InChI=1S/C9H20N2O2S/c1-8(2)14(12,13)7-9-6-11(3)5-4-10-9/h8-10H,4-7H2,1-3H3. The lowest BCUT2D eigenvalue weighted by molar-refractivity contribution is 0.249. The van der Waals surface area contributed by atoms with Crippen LogP contribution in [0.4, 0.5) is 0 Å². The van der Waals surface area contributed by atoms with Gasteiger partial charge in [0.2, 0.25) is 0 Å². The molecule has 0 bridgehead atoms. The Hall–Kier alpha value is -0.130. The molecule has 0 spiro atoms. The molecule has 0 amide bonds. The molecule has 0 saturated carbocycles. The van der Waals surface area contributed by atoms with Crippen LogP contribution in [0.15, 0.2) is 0 Å². The van der Waals surface area contributed by atoms with Crippen LogP contribution in [-0.2, 0) is 9.84 Å². The largest absolute Gasteiger partial charge is 0.310 e. The number of rotatable bonds is 3. The second-order valence-electron chi connectivity index (χ2n) is 4.29. The zero-order valence-electron chi connectivity index (χ0n) is 9.16. The Balaban J connectivity index is 2.52. The van der Waals surface area contributed by atoms with E-state index in [2.05, 4.69) is 10.2 Å². The number of hydrogen-bond acceptors (Lipinski definition) is 4. The van der Waals surface area contributed by atoms with E-state index in [0.717, 1.165) is 19.6 Å². The number of nitrogens with zero attached hydrogens (tertiary/aromatic N) is 1. The molecule has 0 aromatic rings. The summed E-state index contributed by atoms with van der Waals surface area (Å²) in [5.41, 5.74) is 0. The Morgan fingerprint density at radius 3 is 2.64 bits per heavy atom. The van der Waals surface area contributed by atoms with Gasteiger partial charge in [-0.25, -0.2) is 8.42 Å². The van der Waals surface area contributed by atoms with Crippen molar-refractivity contribution in [2.24, 2.45) is 0 Å². The summed E-state index contributed by atoms with van der Waals surface area (Å²) in [5, 5.41) is 2.97. The fourth-order valence-electron chi connectivity index (χ4n) is 1.58. The molecule has 1 heterocycles. The molecule has 0 aromatic heterocycles. The lowest BCUT2D eigenvalue weighted by Crippen LogP contribution is -2.52. The maximum atomic E-state index is 11.6. The first kappa shape index (κ1) is 11.9. The SMILES string of the molecule is CC(C)S(=O)(=O)CC1CN(C)CCN1. The molecular weight excluding hydrogens is 200 g/mol. The fraction of sp³-hybridized carbons (Fsp3) is 1.00. The van der Waals surface area contributed by atoms with Gasteiger partial charge in [0.05, 0.1) is 11.0 Å². The Morgan fingerprint density at radius 1 is 1.50 bits per heavy atom. The topological polar surface area (TPSA) is 49.4 Å². The van der Waals surface area contributed by atoms with Gasteiger partial charge in [0.1, 0.15) is 0 Å². The summed E-state index contributed by atoms with van der Waals surface area (Å²) in [5.74, 6) is 0.259. The molecular formula is C9H20N2O2S. The maximum absolute atomic E-state index is 11.6. The predicted octanol–water partition coefficient (Wildman–Crippen LogP) is -0.287. The average molecular weight is 220 g/mol. The number of likely N-dealkylation sites (N-methyl/N-ethyl adjacent to an activating group) is 1. The number of sulfone groups is 1. The van der Waals surface area contributed by atoms with Crippen molar-refractivity contribution in [3.05, 3.63) is 0 Å². The summed E-state index contributed by atoms with van der Waals surface area (Å²) >= 11 is 0. The molecule has 1 N–H and O–H groups in total. The highest BCUT2D eigenvalue weighted by Crippen LogP contribution is 2.05. The second kappa shape index (κ2) is 4.59. The third-order valence-corrected chi connectivity index (χ3v) is 4.91. The first-order chi connectivity index (χ1) is 6.42. The van der Waals surface area contributed by atoms with Gasteiger partial charge in [-0.15, -0.1) is 0 Å². The van der Waals surface area contributed by atoms with Gasteiger partial charge in [-0.3, -0.25) is 0 Å². The molecule has 1 atom stereocenters. The molecule has 0 aromatic carbocycles. The van der Waals surface area contributed by atoms with Gasteiger partial charge in [-0.1, -0.05) is 0 Å². The molecule has 4 nitrogen and oxygen atoms in total. The average Bonchev–Trinajstić information content (AvgIpc) is 2.02. The van der Waals surface area contributed by atoms with E-state index in [4.69, 9.17) is 0 Å². The summed E-state index contributed by atoms with van der Waals surface area (Å²) in [7, 11) is -0.887. The summed E-state index contributed by atoms with van der Waals surface area (Å²) in [4.78, 5) is 2.16. The van der Waals surface area contributed by atoms with Gasteiger partial charge in [-0.2, -0.15) is 0 Å². The third kappa shape index (κ3) is 3.22. The van der Waals surface area contributed by atoms with Gasteiger partial charge in [0, 0.05) is 25.7 Å². The third-order valence-electron chi connectivity index (χ3n) is 2.61. The summed E-state index contributed by atoms with van der Waals surface area (Å²) in [6, 6.07) is 0.0983. The monoisotopic (exact) mass is 220 g/mol. The number of piperazine rings is 1. The highest BCUT2D eigenvalue weighted by molar-refractivity contribution is 7.92. The Labute approximate surface area is 86.6 Å². The second-order valence-corrected chi connectivity index (χ2v) is 6.89. The van der Waals surface area contributed by atoms with Crippen LogP contribution >= 0.6 is 0 Å². The molecule has 1 aliphatic rings. The van der Waals surface area contributed by atoms with Gasteiger partial charge in [0.15, 0.2) is 9.84 Å². The zero-order valence-corrected chi connectivity index (χ0v) is 9.97. The number of nitrogens with one attached hydrogen (secondary N) is 1. The van der Waals surface area contributed by atoms with Crippen molar-refractivity contribution in [2.75, 3.05) is 32.4 Å². The van der Waals surface area contributed by atoms with Crippen LogP contribution in [-0.4, -0.2) is 57.0 Å². The minimum absolute atomic E-state index is 0.0983. The van der Waals surface area contributed by atoms with Crippen LogP contribution in [0.3, 0.4) is 0 Å². The van der Waals surface area contributed by atoms with Crippen molar-refractivity contribution in [2.45, 2.75) is 25.1 Å². The van der Waals surface area contributed by atoms with Crippen molar-refractivity contribution in [1.29, 1.82) is 0 Å². The predicted molar refractivity (Wildman–Crippen MR) is 58.2 cm³/mol. The zero-order chi connectivity index (χ0) is 10.8. The van der Waals surface area contributed by atoms with Crippen LogP contribution in [0.1, 0.15) is 13.8 Å². The highest BCUT2D eigenvalue weighted by Gasteiger charge is 2.24. The van der Waals surface area contributed by atoms with Crippen LogP contribution in [0, 0.1) is 0 Å². The fourth-order valence-corrected chi connectivity index (χ4v) is 2.75. The minimum atomic E-state index is -2.91. The lowest BCUT2D eigenvalue weighted by atomic mass is 10.2. The van der Waals surface area contributed by atoms with Gasteiger partial charge >= 0.3 is 0 Å². The first-order valence-electron chi connectivity index (χ1n) is 5.05. The lowest BCUT2D eigenvalue weighted by Gasteiger charge is -2.31. The van der Waals surface area contributed by atoms with Crippen LogP contribution in [0.2, 0.25) is 0 Å². The van der Waals surface area contributed by atoms with E-state index in [0.29, 0.717) is 0 Å².